The lowest BCUT2D eigenvalue weighted by molar-refractivity contribution is 0.354. The molecule has 0 fully saturated rings. The van der Waals surface area contributed by atoms with Crippen LogP contribution in [0.5, 0.6) is 23.0 Å². The van der Waals surface area contributed by atoms with Gasteiger partial charge >= 0.3 is 0 Å². The normalized spacial score (nSPS) is 13.1. The number of nitrogens with zero attached hydrogens (tertiary/aromatic N) is 1. The van der Waals surface area contributed by atoms with Gasteiger partial charge in [-0.2, -0.15) is 0 Å². The molecule has 4 aromatic rings. The van der Waals surface area contributed by atoms with Crippen molar-refractivity contribution in [3.63, 3.8) is 0 Å². The van der Waals surface area contributed by atoms with Gasteiger partial charge < -0.3 is 18.9 Å². The lowest BCUT2D eigenvalue weighted by Crippen LogP contribution is -1.95. The molecule has 0 radical (unpaired) electrons. The molecule has 0 amide bonds. The fourth-order valence-corrected chi connectivity index (χ4v) is 4.43. The van der Waals surface area contributed by atoms with Crippen LogP contribution in [0.4, 0.5) is 0 Å². The van der Waals surface area contributed by atoms with Crippen LogP contribution in [0.1, 0.15) is 16.7 Å². The Kier molecular flexibility index (Phi) is 4.94. The van der Waals surface area contributed by atoms with Gasteiger partial charge in [0.15, 0.2) is 23.0 Å². The van der Waals surface area contributed by atoms with E-state index in [1.165, 1.54) is 0 Å². The number of pyridine rings is 1. The number of benzene rings is 3. The molecule has 0 saturated heterocycles. The Bertz CT molecular complexity index is 1370. The fraction of sp³-hybridized carbons (Fsp3) is 0.148. The molecule has 1 aliphatic rings. The van der Waals surface area contributed by atoms with Crippen molar-refractivity contribution in [3.8, 4) is 34.1 Å². The highest BCUT2D eigenvalue weighted by molar-refractivity contribution is 6.11. The fourth-order valence-electron chi connectivity index (χ4n) is 4.43. The first-order valence-corrected chi connectivity index (χ1v) is 10.3. The van der Waals surface area contributed by atoms with E-state index in [0.29, 0.717) is 23.0 Å². The van der Waals surface area contributed by atoms with Crippen LogP contribution in [0.25, 0.3) is 33.7 Å². The van der Waals surface area contributed by atoms with E-state index < -0.39 is 0 Å². The van der Waals surface area contributed by atoms with Crippen LogP contribution in [0.15, 0.2) is 60.8 Å². The van der Waals surface area contributed by atoms with Crippen LogP contribution in [0, 0.1) is 0 Å². The Labute approximate surface area is 186 Å². The summed E-state index contributed by atoms with van der Waals surface area (Å²) in [5.41, 5.74) is 7.20. The summed E-state index contributed by atoms with van der Waals surface area (Å²) in [6.07, 6.45) is 4.02. The standard InChI is InChI=1S/C27H23NO4/c1-29-23-10-9-18-19-14-24(30-2)25(31-3)15-20(19)21(26(18)27(23)32-4)13-16-11-12-28-22-8-6-5-7-17(16)22/h5-15H,1-4H3/b21-13+. The number of ether oxygens (including phenoxy) is 4. The molecule has 1 heterocycles. The van der Waals surface area contributed by atoms with Gasteiger partial charge in [-0.25, -0.2) is 0 Å². The first-order chi connectivity index (χ1) is 15.7. The number of fused-ring (bicyclic) bond motifs is 4. The number of hydrogen-bond donors (Lipinski definition) is 0. The highest BCUT2D eigenvalue weighted by atomic mass is 16.5. The van der Waals surface area contributed by atoms with Crippen LogP contribution in [-0.2, 0) is 0 Å². The van der Waals surface area contributed by atoms with E-state index in [1.54, 1.807) is 28.4 Å². The van der Waals surface area contributed by atoms with Crippen molar-refractivity contribution in [2.45, 2.75) is 0 Å². The first-order valence-electron chi connectivity index (χ1n) is 10.3. The topological polar surface area (TPSA) is 49.8 Å². The van der Waals surface area contributed by atoms with Gasteiger partial charge in [0, 0.05) is 17.1 Å². The van der Waals surface area contributed by atoms with Crippen molar-refractivity contribution in [3.05, 3.63) is 77.5 Å². The van der Waals surface area contributed by atoms with Gasteiger partial charge in [0.2, 0.25) is 0 Å². The third-order valence-electron chi connectivity index (χ3n) is 5.90. The molecular formula is C27H23NO4. The summed E-state index contributed by atoms with van der Waals surface area (Å²) in [5.74, 6) is 2.74. The SMILES string of the molecule is COc1cc2c(cc1OC)-c1ccc(OC)c(OC)c1/C2=C/c1ccnc2ccccc12. The number of para-hydroxylation sites is 1. The zero-order chi connectivity index (χ0) is 22.2. The van der Waals surface area contributed by atoms with Crippen LogP contribution in [0.3, 0.4) is 0 Å². The lowest BCUT2D eigenvalue weighted by atomic mass is 9.98. The number of aromatic nitrogens is 1. The van der Waals surface area contributed by atoms with E-state index in [1.807, 2.05) is 48.7 Å². The van der Waals surface area contributed by atoms with Gasteiger partial charge in [-0.1, -0.05) is 18.2 Å². The minimum absolute atomic E-state index is 0.676. The summed E-state index contributed by atoms with van der Waals surface area (Å²) in [6.45, 7) is 0. The Hall–Kier alpha value is -3.99. The molecule has 5 rings (SSSR count). The summed E-state index contributed by atoms with van der Waals surface area (Å²) < 4.78 is 22.6. The molecule has 0 bridgehead atoms. The van der Waals surface area contributed by atoms with Crippen LogP contribution < -0.4 is 18.9 Å². The van der Waals surface area contributed by atoms with E-state index in [4.69, 9.17) is 18.9 Å². The third kappa shape index (κ3) is 2.97. The quantitative estimate of drug-likeness (QED) is 0.354. The second-order valence-corrected chi connectivity index (χ2v) is 7.45. The van der Waals surface area contributed by atoms with Crippen LogP contribution in [-0.4, -0.2) is 33.4 Å². The molecule has 0 N–H and O–H groups in total. The smallest absolute Gasteiger partial charge is 0.169 e. The van der Waals surface area contributed by atoms with E-state index in [9.17, 15) is 0 Å². The van der Waals surface area contributed by atoms with E-state index in [-0.39, 0.29) is 0 Å². The number of rotatable bonds is 5. The minimum Gasteiger partial charge on any atom is -0.493 e. The lowest BCUT2D eigenvalue weighted by Gasteiger charge is -2.14. The highest BCUT2D eigenvalue weighted by Gasteiger charge is 2.31. The highest BCUT2D eigenvalue weighted by Crippen LogP contribution is 2.54. The van der Waals surface area contributed by atoms with Crippen molar-refractivity contribution in [1.29, 1.82) is 0 Å². The van der Waals surface area contributed by atoms with Gasteiger partial charge in [0.05, 0.1) is 34.0 Å². The molecule has 0 saturated carbocycles. The molecule has 1 aromatic heterocycles. The average molecular weight is 425 g/mol. The van der Waals surface area contributed by atoms with Crippen molar-refractivity contribution < 1.29 is 18.9 Å². The predicted molar refractivity (Wildman–Crippen MR) is 127 cm³/mol. The van der Waals surface area contributed by atoms with Crippen molar-refractivity contribution >= 4 is 22.6 Å². The molecule has 5 heteroatoms. The van der Waals surface area contributed by atoms with Gasteiger partial charge in [-0.3, -0.25) is 4.98 Å². The molecule has 0 atom stereocenters. The van der Waals surface area contributed by atoms with Crippen molar-refractivity contribution in [1.82, 2.24) is 4.98 Å². The maximum atomic E-state index is 5.84. The molecule has 0 unspecified atom stereocenters. The summed E-state index contributed by atoms with van der Waals surface area (Å²) in [7, 11) is 6.62. The Balaban J connectivity index is 1.86. The third-order valence-corrected chi connectivity index (χ3v) is 5.90. The van der Waals surface area contributed by atoms with E-state index in [0.717, 1.165) is 44.3 Å². The molecule has 0 spiro atoms. The number of hydrogen-bond acceptors (Lipinski definition) is 5. The van der Waals surface area contributed by atoms with Crippen LogP contribution >= 0.6 is 0 Å². The maximum Gasteiger partial charge on any atom is 0.169 e. The van der Waals surface area contributed by atoms with Gasteiger partial charge in [-0.15, -0.1) is 0 Å². The Morgan fingerprint density at radius 3 is 2.12 bits per heavy atom. The average Bonchev–Trinajstić information content (AvgIpc) is 3.15. The second kappa shape index (κ2) is 7.93. The first kappa shape index (κ1) is 19.9. The summed E-state index contributed by atoms with van der Waals surface area (Å²) in [5, 5.41) is 1.08. The second-order valence-electron chi connectivity index (χ2n) is 7.45. The van der Waals surface area contributed by atoms with Gasteiger partial charge in [0.1, 0.15) is 0 Å². The Morgan fingerprint density at radius 2 is 1.41 bits per heavy atom. The minimum atomic E-state index is 0.676. The predicted octanol–water partition coefficient (Wildman–Crippen LogP) is 5.84. The molecular weight excluding hydrogens is 402 g/mol. The number of methoxy groups -OCH3 is 4. The summed E-state index contributed by atoms with van der Waals surface area (Å²) in [6, 6.07) is 18.2. The molecule has 32 heavy (non-hydrogen) atoms. The van der Waals surface area contributed by atoms with Gasteiger partial charge in [0.25, 0.3) is 0 Å². The maximum absolute atomic E-state index is 5.84. The zero-order valence-electron chi connectivity index (χ0n) is 18.4. The van der Waals surface area contributed by atoms with Crippen LogP contribution in [0.2, 0.25) is 0 Å². The summed E-state index contributed by atoms with van der Waals surface area (Å²) >= 11 is 0. The molecule has 1 aliphatic carbocycles. The zero-order valence-corrected chi connectivity index (χ0v) is 18.4. The van der Waals surface area contributed by atoms with E-state index >= 15 is 0 Å². The van der Waals surface area contributed by atoms with Gasteiger partial charge in [-0.05, 0) is 70.3 Å². The van der Waals surface area contributed by atoms with E-state index in [2.05, 4.69) is 23.2 Å². The van der Waals surface area contributed by atoms with Crippen molar-refractivity contribution in [2.24, 2.45) is 0 Å². The Morgan fingerprint density at radius 1 is 0.688 bits per heavy atom. The molecule has 5 nitrogen and oxygen atoms in total. The molecule has 3 aromatic carbocycles. The largest absolute Gasteiger partial charge is 0.493 e. The molecule has 0 aliphatic heterocycles. The monoisotopic (exact) mass is 425 g/mol. The molecule has 160 valence electrons. The van der Waals surface area contributed by atoms with Crippen molar-refractivity contribution in [2.75, 3.05) is 28.4 Å². The summed E-state index contributed by atoms with van der Waals surface area (Å²) in [4.78, 5) is 4.51.